The van der Waals surface area contributed by atoms with E-state index in [4.69, 9.17) is 0 Å². The zero-order chi connectivity index (χ0) is 14.8. The number of hydrogen-bond acceptors (Lipinski definition) is 3. The number of urea groups is 1. The number of carboxylic acid groups (broad SMARTS) is 1. The summed E-state index contributed by atoms with van der Waals surface area (Å²) in [4.78, 5) is 22.7. The van der Waals surface area contributed by atoms with Crippen molar-refractivity contribution in [3.8, 4) is 0 Å². The van der Waals surface area contributed by atoms with E-state index in [2.05, 4.69) is 17.6 Å². The van der Waals surface area contributed by atoms with Gasteiger partial charge in [-0.3, -0.25) is 0 Å². The van der Waals surface area contributed by atoms with E-state index in [0.29, 0.717) is 6.54 Å². The number of benzene rings is 1. The Kier molecular flexibility index (Phi) is 7.17. The molecule has 5 heteroatoms. The van der Waals surface area contributed by atoms with Crippen molar-refractivity contribution < 1.29 is 14.7 Å². The van der Waals surface area contributed by atoms with E-state index in [9.17, 15) is 14.7 Å². The Bertz CT molecular complexity index is 420. The molecule has 0 saturated carbocycles. The molecule has 2 amide bonds. The van der Waals surface area contributed by atoms with E-state index < -0.39 is 18.0 Å². The van der Waals surface area contributed by atoms with Crippen molar-refractivity contribution >= 4 is 12.0 Å². The van der Waals surface area contributed by atoms with Crippen LogP contribution in [0.1, 0.15) is 31.7 Å². The van der Waals surface area contributed by atoms with E-state index in [1.165, 1.54) is 0 Å². The summed E-state index contributed by atoms with van der Waals surface area (Å²) in [6.45, 7) is 2.62. The normalized spacial score (nSPS) is 11.7. The average Bonchev–Trinajstić information content (AvgIpc) is 2.44. The second kappa shape index (κ2) is 8.96. The Morgan fingerprint density at radius 1 is 1.20 bits per heavy atom. The molecule has 0 fully saturated rings. The van der Waals surface area contributed by atoms with Gasteiger partial charge in [0, 0.05) is 6.54 Å². The van der Waals surface area contributed by atoms with Gasteiger partial charge in [-0.2, -0.15) is 0 Å². The van der Waals surface area contributed by atoms with Crippen LogP contribution in [0, 0.1) is 0 Å². The number of carboxylic acids is 1. The van der Waals surface area contributed by atoms with Crippen molar-refractivity contribution in [2.75, 3.05) is 6.54 Å². The van der Waals surface area contributed by atoms with Crippen LogP contribution in [0.2, 0.25) is 0 Å². The first-order chi connectivity index (χ1) is 9.63. The van der Waals surface area contributed by atoms with Crippen LogP contribution < -0.4 is 15.7 Å². The maximum Gasteiger partial charge on any atom is 0.315 e. The summed E-state index contributed by atoms with van der Waals surface area (Å²) in [5.74, 6) is -1.28. The van der Waals surface area contributed by atoms with Crippen LogP contribution in [-0.4, -0.2) is 24.6 Å². The van der Waals surface area contributed by atoms with Gasteiger partial charge in [-0.25, -0.2) is 4.79 Å². The molecule has 2 N–H and O–H groups in total. The highest BCUT2D eigenvalue weighted by molar-refractivity contribution is 5.81. The molecule has 0 aromatic heterocycles. The van der Waals surface area contributed by atoms with Gasteiger partial charge < -0.3 is 20.5 Å². The van der Waals surface area contributed by atoms with Crippen molar-refractivity contribution in [3.05, 3.63) is 35.9 Å². The molecule has 0 bridgehead atoms. The summed E-state index contributed by atoms with van der Waals surface area (Å²) in [5.41, 5.74) is 0.841. The maximum atomic E-state index is 11.6. The van der Waals surface area contributed by atoms with E-state index in [0.717, 1.165) is 24.8 Å². The molecular formula is C15H21N2O3-. The Balaban J connectivity index is 2.43. The Morgan fingerprint density at radius 3 is 2.50 bits per heavy atom. The largest absolute Gasteiger partial charge is 0.548 e. The Morgan fingerprint density at radius 2 is 1.90 bits per heavy atom. The van der Waals surface area contributed by atoms with Crippen molar-refractivity contribution in [3.63, 3.8) is 0 Å². The fourth-order valence-corrected chi connectivity index (χ4v) is 1.83. The molecule has 1 rings (SSSR count). The highest BCUT2D eigenvalue weighted by Gasteiger charge is 2.13. The lowest BCUT2D eigenvalue weighted by atomic mass is 10.1. The summed E-state index contributed by atoms with van der Waals surface area (Å²) in [6, 6.07) is 7.65. The van der Waals surface area contributed by atoms with E-state index in [-0.39, 0.29) is 6.42 Å². The average molecular weight is 277 g/mol. The highest BCUT2D eigenvalue weighted by Crippen LogP contribution is 2.02. The molecule has 0 heterocycles. The first kappa shape index (κ1) is 16.0. The summed E-state index contributed by atoms with van der Waals surface area (Å²) in [5, 5.41) is 16.1. The van der Waals surface area contributed by atoms with Gasteiger partial charge in [0.15, 0.2) is 0 Å². The van der Waals surface area contributed by atoms with Crippen molar-refractivity contribution in [1.29, 1.82) is 0 Å². The standard InChI is InChI=1S/C15H22N2O3/c1-2-3-7-10-16-15(20)17-13(14(18)19)11-12-8-5-4-6-9-12/h4-6,8-9,13H,2-3,7,10-11H2,1H3,(H,18,19)(H2,16,17,20)/p-1/t13-/m0/s1. The second-order valence-electron chi connectivity index (χ2n) is 4.67. The van der Waals surface area contributed by atoms with Crippen LogP contribution in [0.5, 0.6) is 0 Å². The topological polar surface area (TPSA) is 81.3 Å². The zero-order valence-corrected chi connectivity index (χ0v) is 11.7. The maximum absolute atomic E-state index is 11.6. The minimum Gasteiger partial charge on any atom is -0.548 e. The number of unbranched alkanes of at least 4 members (excludes halogenated alkanes) is 2. The minimum absolute atomic E-state index is 0.214. The molecule has 1 atom stereocenters. The quantitative estimate of drug-likeness (QED) is 0.691. The molecule has 0 saturated heterocycles. The number of carbonyl (C=O) groups is 2. The Labute approximate surface area is 119 Å². The number of rotatable bonds is 8. The number of nitrogens with one attached hydrogen (secondary N) is 2. The van der Waals surface area contributed by atoms with Crippen molar-refractivity contribution in [2.24, 2.45) is 0 Å². The van der Waals surface area contributed by atoms with E-state index in [1.807, 2.05) is 30.3 Å². The molecular weight excluding hydrogens is 256 g/mol. The van der Waals surface area contributed by atoms with Crippen molar-refractivity contribution in [2.45, 2.75) is 38.6 Å². The third kappa shape index (κ3) is 6.22. The summed E-state index contributed by atoms with van der Waals surface area (Å²) in [7, 11) is 0. The smallest absolute Gasteiger partial charge is 0.315 e. The van der Waals surface area contributed by atoms with Crippen LogP contribution in [-0.2, 0) is 11.2 Å². The molecule has 0 aliphatic heterocycles. The van der Waals surface area contributed by atoms with Gasteiger partial charge in [-0.15, -0.1) is 0 Å². The monoisotopic (exact) mass is 277 g/mol. The predicted octanol–water partition coefficient (Wildman–Crippen LogP) is 0.837. The summed E-state index contributed by atoms with van der Waals surface area (Å²) >= 11 is 0. The number of carbonyl (C=O) groups excluding carboxylic acids is 2. The van der Waals surface area contributed by atoms with Gasteiger partial charge in [0.05, 0.1) is 12.0 Å². The van der Waals surface area contributed by atoms with E-state index in [1.54, 1.807) is 0 Å². The fraction of sp³-hybridized carbons (Fsp3) is 0.467. The van der Waals surface area contributed by atoms with Crippen LogP contribution in [0.4, 0.5) is 4.79 Å². The molecule has 20 heavy (non-hydrogen) atoms. The van der Waals surface area contributed by atoms with Gasteiger partial charge >= 0.3 is 6.03 Å². The SMILES string of the molecule is CCCCCNC(=O)N[C@@H](Cc1ccccc1)C(=O)[O-]. The third-order valence-electron chi connectivity index (χ3n) is 2.94. The fourth-order valence-electron chi connectivity index (χ4n) is 1.83. The van der Waals surface area contributed by atoms with Crippen LogP contribution in [0.3, 0.4) is 0 Å². The summed E-state index contributed by atoms with van der Waals surface area (Å²) in [6.07, 6.45) is 3.21. The summed E-state index contributed by atoms with van der Waals surface area (Å²) < 4.78 is 0. The Hall–Kier alpha value is -2.04. The molecule has 1 aromatic rings. The van der Waals surface area contributed by atoms with Crippen LogP contribution in [0.25, 0.3) is 0 Å². The molecule has 110 valence electrons. The van der Waals surface area contributed by atoms with Gasteiger partial charge in [0.2, 0.25) is 0 Å². The number of aliphatic carboxylic acids is 1. The third-order valence-corrected chi connectivity index (χ3v) is 2.94. The molecule has 0 aliphatic rings. The second-order valence-corrected chi connectivity index (χ2v) is 4.67. The molecule has 0 aliphatic carbocycles. The number of hydrogen-bond donors (Lipinski definition) is 2. The highest BCUT2D eigenvalue weighted by atomic mass is 16.4. The number of amides is 2. The lowest BCUT2D eigenvalue weighted by Crippen LogP contribution is -2.52. The predicted molar refractivity (Wildman–Crippen MR) is 75.0 cm³/mol. The lowest BCUT2D eigenvalue weighted by molar-refractivity contribution is -0.308. The molecule has 0 unspecified atom stereocenters. The first-order valence-corrected chi connectivity index (χ1v) is 6.92. The lowest BCUT2D eigenvalue weighted by Gasteiger charge is -2.20. The molecule has 0 spiro atoms. The van der Waals surface area contributed by atoms with Crippen molar-refractivity contribution in [1.82, 2.24) is 10.6 Å². The minimum atomic E-state index is -1.28. The van der Waals surface area contributed by atoms with Gasteiger partial charge in [-0.1, -0.05) is 50.1 Å². The molecule has 1 aromatic carbocycles. The van der Waals surface area contributed by atoms with Crippen LogP contribution >= 0.6 is 0 Å². The van der Waals surface area contributed by atoms with Crippen LogP contribution in [0.15, 0.2) is 30.3 Å². The first-order valence-electron chi connectivity index (χ1n) is 6.92. The zero-order valence-electron chi connectivity index (χ0n) is 11.7. The van der Waals surface area contributed by atoms with E-state index >= 15 is 0 Å². The molecule has 5 nitrogen and oxygen atoms in total. The molecule has 0 radical (unpaired) electrons. The van der Waals surface area contributed by atoms with Gasteiger partial charge in [0.1, 0.15) is 0 Å². The van der Waals surface area contributed by atoms with Gasteiger partial charge in [0.25, 0.3) is 0 Å². The van der Waals surface area contributed by atoms with Gasteiger partial charge in [-0.05, 0) is 18.4 Å².